The molecule has 2 rings (SSSR count). The van der Waals surface area contributed by atoms with E-state index in [0.717, 1.165) is 4.88 Å². The van der Waals surface area contributed by atoms with Crippen LogP contribution in [0.5, 0.6) is 0 Å². The van der Waals surface area contributed by atoms with Gasteiger partial charge in [0.05, 0.1) is 11.6 Å². The first-order chi connectivity index (χ1) is 9.63. The van der Waals surface area contributed by atoms with E-state index in [1.807, 2.05) is 31.4 Å². The van der Waals surface area contributed by atoms with Crippen LogP contribution in [0.15, 0.2) is 29.8 Å². The van der Waals surface area contributed by atoms with Gasteiger partial charge in [-0.2, -0.15) is 0 Å². The standard InChI is InChI=1S/C14H16FN3OS/c1-3-16-13-12(15)10(6-7-17-13)14(19)18-9(2)11-5-4-8-20-11/h4-9H,3H2,1-2H3,(H,16,17)(H,18,19). The topological polar surface area (TPSA) is 54.0 Å². The molecule has 0 saturated carbocycles. The summed E-state index contributed by atoms with van der Waals surface area (Å²) in [7, 11) is 0. The highest BCUT2D eigenvalue weighted by molar-refractivity contribution is 7.10. The van der Waals surface area contributed by atoms with Crippen molar-refractivity contribution in [3.63, 3.8) is 0 Å². The zero-order valence-electron chi connectivity index (χ0n) is 11.3. The Labute approximate surface area is 121 Å². The molecule has 0 spiro atoms. The molecule has 1 atom stereocenters. The number of anilines is 1. The molecule has 0 aliphatic heterocycles. The van der Waals surface area contributed by atoms with Crippen molar-refractivity contribution in [3.05, 3.63) is 46.0 Å². The Hall–Kier alpha value is -1.95. The molecule has 4 nitrogen and oxygen atoms in total. The van der Waals surface area contributed by atoms with Crippen LogP contribution in [0.3, 0.4) is 0 Å². The number of carbonyl (C=O) groups excluding carboxylic acids is 1. The van der Waals surface area contributed by atoms with Crippen LogP contribution in [0.25, 0.3) is 0 Å². The molecule has 6 heteroatoms. The zero-order valence-corrected chi connectivity index (χ0v) is 12.1. The van der Waals surface area contributed by atoms with Gasteiger partial charge in [-0.15, -0.1) is 11.3 Å². The fraction of sp³-hybridized carbons (Fsp3) is 0.286. The monoisotopic (exact) mass is 293 g/mol. The summed E-state index contributed by atoms with van der Waals surface area (Å²) in [6.07, 6.45) is 1.42. The molecule has 2 N–H and O–H groups in total. The minimum Gasteiger partial charge on any atom is -0.368 e. The van der Waals surface area contributed by atoms with Gasteiger partial charge in [0.15, 0.2) is 11.6 Å². The SMILES string of the molecule is CCNc1nccc(C(=O)NC(C)c2cccs2)c1F. The van der Waals surface area contributed by atoms with Crippen LogP contribution in [-0.2, 0) is 0 Å². The normalized spacial score (nSPS) is 11.9. The van der Waals surface area contributed by atoms with Gasteiger partial charge in [-0.25, -0.2) is 9.37 Å². The number of amides is 1. The van der Waals surface area contributed by atoms with Crippen molar-refractivity contribution in [2.24, 2.45) is 0 Å². The number of aromatic nitrogens is 1. The van der Waals surface area contributed by atoms with Gasteiger partial charge < -0.3 is 10.6 Å². The second-order valence-corrected chi connectivity index (χ2v) is 5.24. The van der Waals surface area contributed by atoms with E-state index in [-0.39, 0.29) is 17.4 Å². The molecular weight excluding hydrogens is 277 g/mol. The lowest BCUT2D eigenvalue weighted by molar-refractivity contribution is 0.0936. The van der Waals surface area contributed by atoms with Crippen molar-refractivity contribution in [2.45, 2.75) is 19.9 Å². The molecule has 0 aliphatic rings. The van der Waals surface area contributed by atoms with Crippen LogP contribution in [0.4, 0.5) is 10.2 Å². The number of nitrogens with one attached hydrogen (secondary N) is 2. The van der Waals surface area contributed by atoms with Gasteiger partial charge in [0.2, 0.25) is 0 Å². The van der Waals surface area contributed by atoms with E-state index in [1.165, 1.54) is 12.3 Å². The number of rotatable bonds is 5. The smallest absolute Gasteiger partial charge is 0.254 e. The first-order valence-electron chi connectivity index (χ1n) is 6.36. The van der Waals surface area contributed by atoms with Crippen molar-refractivity contribution >= 4 is 23.1 Å². The maximum atomic E-state index is 14.1. The zero-order chi connectivity index (χ0) is 14.5. The third-order valence-electron chi connectivity index (χ3n) is 2.80. The molecule has 2 aromatic rings. The minimum absolute atomic E-state index is 0.000596. The van der Waals surface area contributed by atoms with Crippen LogP contribution in [0, 0.1) is 5.82 Å². The van der Waals surface area contributed by atoms with Crippen molar-refractivity contribution in [1.29, 1.82) is 0 Å². The van der Waals surface area contributed by atoms with Crippen LogP contribution in [0.1, 0.15) is 35.1 Å². The number of hydrogen-bond acceptors (Lipinski definition) is 4. The molecule has 0 saturated heterocycles. The van der Waals surface area contributed by atoms with Gasteiger partial charge in [0, 0.05) is 17.6 Å². The van der Waals surface area contributed by atoms with E-state index in [1.54, 1.807) is 11.3 Å². The summed E-state index contributed by atoms with van der Waals surface area (Å²) < 4.78 is 14.1. The summed E-state index contributed by atoms with van der Waals surface area (Å²) >= 11 is 1.55. The van der Waals surface area contributed by atoms with Gasteiger partial charge >= 0.3 is 0 Å². The molecule has 0 aliphatic carbocycles. The van der Waals surface area contributed by atoms with Crippen LogP contribution in [0.2, 0.25) is 0 Å². The Morgan fingerprint density at radius 2 is 2.30 bits per heavy atom. The highest BCUT2D eigenvalue weighted by Gasteiger charge is 2.18. The van der Waals surface area contributed by atoms with E-state index >= 15 is 0 Å². The predicted molar refractivity (Wildman–Crippen MR) is 78.6 cm³/mol. The molecule has 0 fully saturated rings. The van der Waals surface area contributed by atoms with E-state index in [0.29, 0.717) is 6.54 Å². The molecule has 0 bridgehead atoms. The molecule has 2 heterocycles. The van der Waals surface area contributed by atoms with Crippen LogP contribution < -0.4 is 10.6 Å². The number of halogens is 1. The average molecular weight is 293 g/mol. The minimum atomic E-state index is -0.620. The average Bonchev–Trinajstić information content (AvgIpc) is 2.95. The first-order valence-corrected chi connectivity index (χ1v) is 7.24. The molecular formula is C14H16FN3OS. The Morgan fingerprint density at radius 3 is 2.95 bits per heavy atom. The summed E-state index contributed by atoms with van der Waals surface area (Å²) in [5.74, 6) is -0.959. The van der Waals surface area contributed by atoms with E-state index < -0.39 is 11.7 Å². The number of pyridine rings is 1. The van der Waals surface area contributed by atoms with Gasteiger partial charge in [-0.1, -0.05) is 6.07 Å². The van der Waals surface area contributed by atoms with E-state index in [2.05, 4.69) is 15.6 Å². The second kappa shape index (κ2) is 6.47. The maximum Gasteiger partial charge on any atom is 0.254 e. The Bertz CT molecular complexity index is 586. The highest BCUT2D eigenvalue weighted by atomic mass is 32.1. The second-order valence-electron chi connectivity index (χ2n) is 4.26. The Kier molecular flexibility index (Phi) is 4.68. The maximum absolute atomic E-state index is 14.1. The van der Waals surface area contributed by atoms with Crippen molar-refractivity contribution in [1.82, 2.24) is 10.3 Å². The lowest BCUT2D eigenvalue weighted by Crippen LogP contribution is -2.27. The lowest BCUT2D eigenvalue weighted by atomic mass is 10.2. The third-order valence-corrected chi connectivity index (χ3v) is 3.85. The lowest BCUT2D eigenvalue weighted by Gasteiger charge is -2.13. The molecule has 1 amide bonds. The van der Waals surface area contributed by atoms with Crippen LogP contribution in [-0.4, -0.2) is 17.4 Å². The molecule has 1 unspecified atom stereocenters. The fourth-order valence-electron chi connectivity index (χ4n) is 1.79. The van der Waals surface area contributed by atoms with Gasteiger partial charge in [0.1, 0.15) is 0 Å². The summed E-state index contributed by atoms with van der Waals surface area (Å²) in [5.41, 5.74) is -0.000596. The predicted octanol–water partition coefficient (Wildman–Crippen LogP) is 3.21. The molecule has 106 valence electrons. The quantitative estimate of drug-likeness (QED) is 0.890. The largest absolute Gasteiger partial charge is 0.368 e. The molecule has 20 heavy (non-hydrogen) atoms. The number of nitrogens with zero attached hydrogens (tertiary/aromatic N) is 1. The Morgan fingerprint density at radius 1 is 1.50 bits per heavy atom. The third kappa shape index (κ3) is 3.14. The summed E-state index contributed by atoms with van der Waals surface area (Å²) in [4.78, 5) is 17.0. The molecule has 2 aromatic heterocycles. The van der Waals surface area contributed by atoms with E-state index in [4.69, 9.17) is 0 Å². The van der Waals surface area contributed by atoms with Crippen molar-refractivity contribution < 1.29 is 9.18 Å². The molecule has 0 aromatic carbocycles. The van der Waals surface area contributed by atoms with E-state index in [9.17, 15) is 9.18 Å². The fourth-order valence-corrected chi connectivity index (χ4v) is 2.53. The number of thiophene rings is 1. The van der Waals surface area contributed by atoms with Gasteiger partial charge in [0.25, 0.3) is 5.91 Å². The highest BCUT2D eigenvalue weighted by Crippen LogP contribution is 2.20. The first kappa shape index (κ1) is 14.5. The van der Waals surface area contributed by atoms with Crippen molar-refractivity contribution in [2.75, 3.05) is 11.9 Å². The number of hydrogen-bond donors (Lipinski definition) is 2. The summed E-state index contributed by atoms with van der Waals surface area (Å²) in [6.45, 7) is 4.25. The van der Waals surface area contributed by atoms with Gasteiger partial charge in [-0.05, 0) is 31.4 Å². The van der Waals surface area contributed by atoms with Crippen molar-refractivity contribution in [3.8, 4) is 0 Å². The van der Waals surface area contributed by atoms with Crippen LogP contribution >= 0.6 is 11.3 Å². The Balaban J connectivity index is 2.15. The summed E-state index contributed by atoms with van der Waals surface area (Å²) in [6, 6.07) is 5.08. The summed E-state index contributed by atoms with van der Waals surface area (Å²) in [5, 5.41) is 7.51. The number of carbonyl (C=O) groups is 1. The van der Waals surface area contributed by atoms with Gasteiger partial charge in [-0.3, -0.25) is 4.79 Å². The molecule has 0 radical (unpaired) electrons.